The van der Waals surface area contributed by atoms with Crippen LogP contribution in [0.15, 0.2) is 12.1 Å². The molecule has 0 bridgehead atoms. The first-order chi connectivity index (χ1) is 9.51. The summed E-state index contributed by atoms with van der Waals surface area (Å²) < 4.78 is 0. The molecule has 1 N–H and O–H groups in total. The molecule has 0 aliphatic carbocycles. The van der Waals surface area contributed by atoms with Gasteiger partial charge in [-0.1, -0.05) is 19.9 Å². The predicted molar refractivity (Wildman–Crippen MR) is 83.0 cm³/mol. The molecule has 0 amide bonds. The lowest BCUT2D eigenvalue weighted by Crippen LogP contribution is -2.42. The molecule has 0 aromatic carbocycles. The van der Waals surface area contributed by atoms with E-state index in [9.17, 15) is 5.11 Å². The molecule has 2 rings (SSSR count). The second-order valence-corrected chi connectivity index (χ2v) is 6.30. The van der Waals surface area contributed by atoms with Crippen LogP contribution in [-0.2, 0) is 6.54 Å². The van der Waals surface area contributed by atoms with E-state index in [0.29, 0.717) is 5.92 Å². The lowest BCUT2D eigenvalue weighted by molar-refractivity contribution is 0.196. The van der Waals surface area contributed by atoms with Crippen molar-refractivity contribution in [3.8, 4) is 0 Å². The van der Waals surface area contributed by atoms with Crippen LogP contribution in [0.2, 0.25) is 0 Å². The Balaban J connectivity index is 2.32. The van der Waals surface area contributed by atoms with E-state index < -0.39 is 0 Å². The highest BCUT2D eigenvalue weighted by atomic mass is 16.3. The maximum Gasteiger partial charge on any atom is 0.133 e. The number of pyridine rings is 1. The van der Waals surface area contributed by atoms with Crippen LogP contribution >= 0.6 is 0 Å². The fraction of sp³-hybridized carbons (Fsp3) is 0.688. The third-order valence-corrected chi connectivity index (χ3v) is 3.98. The zero-order chi connectivity index (χ0) is 14.7. The molecule has 1 aliphatic rings. The van der Waals surface area contributed by atoms with Crippen molar-refractivity contribution < 1.29 is 5.11 Å². The number of aliphatic hydroxyl groups is 1. The first-order valence-corrected chi connectivity index (χ1v) is 7.53. The first kappa shape index (κ1) is 15.3. The first-order valence-electron chi connectivity index (χ1n) is 7.53. The van der Waals surface area contributed by atoms with Crippen LogP contribution in [-0.4, -0.2) is 47.8 Å². The van der Waals surface area contributed by atoms with Crippen molar-refractivity contribution in [2.75, 3.05) is 31.6 Å². The molecule has 4 nitrogen and oxygen atoms in total. The van der Waals surface area contributed by atoms with Gasteiger partial charge in [0.1, 0.15) is 5.82 Å². The zero-order valence-corrected chi connectivity index (χ0v) is 13.1. The zero-order valence-electron chi connectivity index (χ0n) is 13.1. The highest BCUT2D eigenvalue weighted by Crippen LogP contribution is 2.25. The molecule has 1 aromatic rings. The van der Waals surface area contributed by atoms with Crippen molar-refractivity contribution in [1.29, 1.82) is 0 Å². The molecule has 0 saturated heterocycles. The van der Waals surface area contributed by atoms with Gasteiger partial charge in [-0.25, -0.2) is 4.98 Å². The number of fused-ring (bicyclic) bond motifs is 1. The molecule has 0 fully saturated rings. The van der Waals surface area contributed by atoms with E-state index in [4.69, 9.17) is 4.98 Å². The number of aliphatic hydroxyl groups excluding tert-OH is 1. The third-order valence-electron chi connectivity index (χ3n) is 3.98. The van der Waals surface area contributed by atoms with E-state index in [1.54, 1.807) is 0 Å². The van der Waals surface area contributed by atoms with Gasteiger partial charge in [0.2, 0.25) is 0 Å². The van der Waals surface area contributed by atoms with Gasteiger partial charge in [0.15, 0.2) is 0 Å². The molecule has 0 radical (unpaired) electrons. The van der Waals surface area contributed by atoms with Gasteiger partial charge in [0.25, 0.3) is 0 Å². The van der Waals surface area contributed by atoms with Gasteiger partial charge in [-0.05, 0) is 25.3 Å². The number of anilines is 1. The summed E-state index contributed by atoms with van der Waals surface area (Å²) in [5.41, 5.74) is 2.29. The summed E-state index contributed by atoms with van der Waals surface area (Å²) in [6.07, 6.45) is 0.981. The van der Waals surface area contributed by atoms with E-state index in [1.807, 2.05) is 14.0 Å². The molecular formula is C16H27N3O. The van der Waals surface area contributed by atoms with E-state index in [-0.39, 0.29) is 12.6 Å². The van der Waals surface area contributed by atoms with E-state index >= 15 is 0 Å². The lowest BCUT2D eigenvalue weighted by Gasteiger charge is -2.36. The Morgan fingerprint density at radius 3 is 2.80 bits per heavy atom. The van der Waals surface area contributed by atoms with E-state index in [0.717, 1.165) is 37.6 Å². The van der Waals surface area contributed by atoms with Crippen molar-refractivity contribution in [2.45, 2.75) is 39.8 Å². The monoisotopic (exact) mass is 277 g/mol. The van der Waals surface area contributed by atoms with Gasteiger partial charge in [0.05, 0.1) is 12.6 Å². The molecule has 1 aromatic heterocycles. The average Bonchev–Trinajstić information content (AvgIpc) is 2.38. The summed E-state index contributed by atoms with van der Waals surface area (Å²) in [5, 5.41) is 9.65. The van der Waals surface area contributed by atoms with Crippen molar-refractivity contribution in [1.82, 2.24) is 9.88 Å². The second kappa shape index (κ2) is 6.55. The third kappa shape index (κ3) is 3.49. The van der Waals surface area contributed by atoms with Crippen LogP contribution in [0.25, 0.3) is 0 Å². The quantitative estimate of drug-likeness (QED) is 0.918. The van der Waals surface area contributed by atoms with Crippen LogP contribution in [0.3, 0.4) is 0 Å². The van der Waals surface area contributed by atoms with Gasteiger partial charge in [-0.3, -0.25) is 4.90 Å². The molecular weight excluding hydrogens is 250 g/mol. The van der Waals surface area contributed by atoms with Crippen LogP contribution in [0, 0.1) is 12.8 Å². The highest BCUT2D eigenvalue weighted by Gasteiger charge is 2.24. The van der Waals surface area contributed by atoms with E-state index in [1.165, 1.54) is 5.56 Å². The standard InChI is InChI=1S/C16H27N3O/c1-12(2)9-19-8-7-15(11-20)18(4)16-14(10-19)6-5-13(3)17-16/h5-6,12,15,20H,7-11H2,1-4H3/t15-/m0/s1. The molecule has 4 heteroatoms. The topological polar surface area (TPSA) is 39.6 Å². The second-order valence-electron chi connectivity index (χ2n) is 6.30. The number of likely N-dealkylation sites (N-methyl/N-ethyl adjacent to an activating group) is 1. The Bertz CT molecular complexity index is 447. The molecule has 0 spiro atoms. The Morgan fingerprint density at radius 2 is 2.15 bits per heavy atom. The van der Waals surface area contributed by atoms with Gasteiger partial charge in [-0.15, -0.1) is 0 Å². The van der Waals surface area contributed by atoms with Crippen molar-refractivity contribution in [2.24, 2.45) is 5.92 Å². The maximum absolute atomic E-state index is 9.65. The smallest absolute Gasteiger partial charge is 0.133 e. The summed E-state index contributed by atoms with van der Waals surface area (Å²) in [5.74, 6) is 1.68. The molecule has 112 valence electrons. The Labute approximate surface area is 122 Å². The lowest BCUT2D eigenvalue weighted by atomic mass is 10.1. The number of nitrogens with zero attached hydrogens (tertiary/aromatic N) is 3. The van der Waals surface area contributed by atoms with Crippen molar-refractivity contribution in [3.63, 3.8) is 0 Å². The van der Waals surface area contributed by atoms with Gasteiger partial charge in [-0.2, -0.15) is 0 Å². The van der Waals surface area contributed by atoms with Crippen LogP contribution in [0.4, 0.5) is 5.82 Å². The summed E-state index contributed by atoms with van der Waals surface area (Å²) >= 11 is 0. The molecule has 0 unspecified atom stereocenters. The highest BCUT2D eigenvalue weighted by molar-refractivity contribution is 5.48. The summed E-state index contributed by atoms with van der Waals surface area (Å²) in [7, 11) is 2.05. The SMILES string of the molecule is Cc1ccc2c(n1)N(C)[C@H](CO)CCN(CC(C)C)C2. The van der Waals surface area contributed by atoms with Crippen LogP contribution < -0.4 is 4.90 Å². The minimum Gasteiger partial charge on any atom is -0.394 e. The summed E-state index contributed by atoms with van der Waals surface area (Å²) in [4.78, 5) is 9.33. The Morgan fingerprint density at radius 1 is 1.40 bits per heavy atom. The van der Waals surface area contributed by atoms with Gasteiger partial charge in [0, 0.05) is 37.9 Å². The molecule has 1 aliphatic heterocycles. The number of hydrogen-bond acceptors (Lipinski definition) is 4. The molecule has 20 heavy (non-hydrogen) atoms. The average molecular weight is 277 g/mol. The molecule has 2 heterocycles. The summed E-state index contributed by atoms with van der Waals surface area (Å²) in [6, 6.07) is 4.41. The van der Waals surface area contributed by atoms with Crippen LogP contribution in [0.1, 0.15) is 31.5 Å². The number of aryl methyl sites for hydroxylation is 1. The van der Waals surface area contributed by atoms with Gasteiger partial charge >= 0.3 is 0 Å². The number of rotatable bonds is 3. The largest absolute Gasteiger partial charge is 0.394 e. The predicted octanol–water partition coefficient (Wildman–Crippen LogP) is 2.05. The number of hydrogen-bond donors (Lipinski definition) is 1. The van der Waals surface area contributed by atoms with Crippen LogP contribution in [0.5, 0.6) is 0 Å². The van der Waals surface area contributed by atoms with Crippen molar-refractivity contribution in [3.05, 3.63) is 23.4 Å². The Kier molecular flexibility index (Phi) is 5.00. The van der Waals surface area contributed by atoms with E-state index in [2.05, 4.69) is 35.8 Å². The minimum absolute atomic E-state index is 0.151. The normalized spacial score (nSPS) is 20.7. The summed E-state index contributed by atoms with van der Waals surface area (Å²) in [6.45, 7) is 9.78. The van der Waals surface area contributed by atoms with Gasteiger partial charge < -0.3 is 10.0 Å². The molecule has 1 atom stereocenters. The van der Waals surface area contributed by atoms with Crippen molar-refractivity contribution >= 4 is 5.82 Å². The Hall–Kier alpha value is -1.13. The fourth-order valence-electron chi connectivity index (χ4n) is 2.90. The minimum atomic E-state index is 0.151. The number of aromatic nitrogens is 1. The fourth-order valence-corrected chi connectivity index (χ4v) is 2.90. The maximum atomic E-state index is 9.65. The molecule has 0 saturated carbocycles.